The number of fused-ring (bicyclic) bond motifs is 1. The number of aromatic nitrogens is 2. The van der Waals surface area contributed by atoms with Crippen molar-refractivity contribution >= 4 is 33.5 Å². The van der Waals surface area contributed by atoms with E-state index >= 15 is 0 Å². The Hall–Kier alpha value is -2.70. The van der Waals surface area contributed by atoms with Gasteiger partial charge in [-0.05, 0) is 11.4 Å². The first-order chi connectivity index (χ1) is 13.2. The average molecular weight is 394 g/mol. The Kier molecular flexibility index (Phi) is 5.18. The van der Waals surface area contributed by atoms with E-state index in [1.807, 2.05) is 62.7 Å². The molecule has 0 aliphatic heterocycles. The van der Waals surface area contributed by atoms with Crippen LogP contribution in [0.3, 0.4) is 0 Å². The summed E-state index contributed by atoms with van der Waals surface area (Å²) in [5, 5.41) is 4.05. The third-order valence-electron chi connectivity index (χ3n) is 4.31. The summed E-state index contributed by atoms with van der Waals surface area (Å²) < 4.78 is 2.03. The van der Waals surface area contributed by atoms with Gasteiger partial charge in [0.15, 0.2) is 4.96 Å². The molecule has 1 amide bonds. The Bertz CT molecular complexity index is 1050. The highest BCUT2D eigenvalue weighted by Crippen LogP contribution is 2.24. The van der Waals surface area contributed by atoms with Crippen LogP contribution in [0, 0.1) is 0 Å². The van der Waals surface area contributed by atoms with E-state index in [0.29, 0.717) is 19.5 Å². The van der Waals surface area contributed by atoms with Crippen molar-refractivity contribution in [1.29, 1.82) is 0 Å². The van der Waals surface area contributed by atoms with Crippen LogP contribution in [0.1, 0.15) is 10.6 Å². The molecule has 0 aliphatic carbocycles. The molecular formula is C21H19N3OS2. The van der Waals surface area contributed by atoms with Gasteiger partial charge < -0.3 is 4.90 Å². The molecule has 0 radical (unpaired) electrons. The highest BCUT2D eigenvalue weighted by atomic mass is 32.1. The summed E-state index contributed by atoms with van der Waals surface area (Å²) in [6.07, 6.45) is 4.14. The van der Waals surface area contributed by atoms with Gasteiger partial charge in [-0.2, -0.15) is 0 Å². The SMILES string of the molecule is C=CCN(Cc1cccs1)C(=O)Cc1csc2nc(-c3ccccc3)cn12. The number of imidazole rings is 1. The van der Waals surface area contributed by atoms with Gasteiger partial charge in [-0.15, -0.1) is 29.3 Å². The summed E-state index contributed by atoms with van der Waals surface area (Å²) in [6.45, 7) is 4.96. The quantitative estimate of drug-likeness (QED) is 0.420. The number of benzene rings is 1. The second-order valence-electron chi connectivity index (χ2n) is 6.19. The monoisotopic (exact) mass is 393 g/mol. The van der Waals surface area contributed by atoms with E-state index in [0.717, 1.165) is 21.9 Å². The average Bonchev–Trinajstić information content (AvgIpc) is 3.41. The van der Waals surface area contributed by atoms with Gasteiger partial charge in [0.1, 0.15) is 0 Å². The first-order valence-electron chi connectivity index (χ1n) is 8.66. The van der Waals surface area contributed by atoms with E-state index in [4.69, 9.17) is 4.98 Å². The summed E-state index contributed by atoms with van der Waals surface area (Å²) in [6, 6.07) is 14.2. The first-order valence-corrected chi connectivity index (χ1v) is 10.4. The van der Waals surface area contributed by atoms with Gasteiger partial charge in [-0.25, -0.2) is 4.98 Å². The predicted molar refractivity (Wildman–Crippen MR) is 112 cm³/mol. The molecule has 4 nitrogen and oxygen atoms in total. The molecule has 0 spiro atoms. The van der Waals surface area contributed by atoms with Crippen LogP contribution in [0.4, 0.5) is 0 Å². The van der Waals surface area contributed by atoms with Gasteiger partial charge >= 0.3 is 0 Å². The number of thiophene rings is 1. The predicted octanol–water partition coefficient (Wildman–Crippen LogP) is 4.88. The lowest BCUT2D eigenvalue weighted by Gasteiger charge is -2.20. The third kappa shape index (κ3) is 3.86. The molecule has 4 aromatic rings. The lowest BCUT2D eigenvalue weighted by Crippen LogP contribution is -2.32. The van der Waals surface area contributed by atoms with Crippen molar-refractivity contribution in [2.45, 2.75) is 13.0 Å². The van der Waals surface area contributed by atoms with Crippen LogP contribution in [0.2, 0.25) is 0 Å². The molecule has 136 valence electrons. The number of carbonyl (C=O) groups is 1. The topological polar surface area (TPSA) is 37.6 Å². The van der Waals surface area contributed by atoms with Crippen LogP contribution in [-0.4, -0.2) is 26.7 Å². The Balaban J connectivity index is 1.55. The van der Waals surface area contributed by atoms with Crippen LogP contribution in [0.15, 0.2) is 72.1 Å². The van der Waals surface area contributed by atoms with E-state index in [2.05, 4.69) is 12.6 Å². The highest BCUT2D eigenvalue weighted by Gasteiger charge is 2.17. The second-order valence-corrected chi connectivity index (χ2v) is 8.06. The molecule has 27 heavy (non-hydrogen) atoms. The standard InChI is InChI=1S/C21H19N3OS2/c1-2-10-23(13-18-9-6-11-26-18)20(25)12-17-15-27-21-22-19(14-24(17)21)16-7-4-3-5-8-16/h2-9,11,14-15H,1,10,12-13H2. The maximum atomic E-state index is 12.9. The summed E-state index contributed by atoms with van der Waals surface area (Å²) >= 11 is 3.23. The summed E-state index contributed by atoms with van der Waals surface area (Å²) in [7, 11) is 0. The maximum Gasteiger partial charge on any atom is 0.229 e. The molecule has 0 atom stereocenters. The van der Waals surface area contributed by atoms with Crippen LogP contribution in [-0.2, 0) is 17.8 Å². The molecule has 0 saturated carbocycles. The highest BCUT2D eigenvalue weighted by molar-refractivity contribution is 7.15. The van der Waals surface area contributed by atoms with E-state index in [9.17, 15) is 4.79 Å². The van der Waals surface area contributed by atoms with Crippen LogP contribution >= 0.6 is 22.7 Å². The fourth-order valence-electron chi connectivity index (χ4n) is 2.97. The number of carbonyl (C=O) groups excluding carboxylic acids is 1. The molecule has 0 bridgehead atoms. The Labute approximate surface area is 166 Å². The molecule has 6 heteroatoms. The zero-order chi connectivity index (χ0) is 18.6. The largest absolute Gasteiger partial charge is 0.334 e. The number of hydrogen-bond acceptors (Lipinski definition) is 4. The van der Waals surface area contributed by atoms with E-state index in [1.165, 1.54) is 4.88 Å². The summed E-state index contributed by atoms with van der Waals surface area (Å²) in [4.78, 5) is 21.5. The van der Waals surface area contributed by atoms with Crippen molar-refractivity contribution in [1.82, 2.24) is 14.3 Å². The van der Waals surface area contributed by atoms with Crippen molar-refractivity contribution in [2.24, 2.45) is 0 Å². The minimum Gasteiger partial charge on any atom is -0.334 e. The van der Waals surface area contributed by atoms with Crippen LogP contribution in [0.5, 0.6) is 0 Å². The Morgan fingerprint density at radius 2 is 2.04 bits per heavy atom. The van der Waals surface area contributed by atoms with Crippen LogP contribution < -0.4 is 0 Å². The minimum atomic E-state index is 0.0953. The maximum absolute atomic E-state index is 12.9. The molecule has 1 aromatic carbocycles. The van der Waals surface area contributed by atoms with Crippen molar-refractivity contribution < 1.29 is 4.79 Å². The zero-order valence-corrected chi connectivity index (χ0v) is 16.4. The molecule has 0 fully saturated rings. The van der Waals surface area contributed by atoms with Gasteiger partial charge in [0, 0.05) is 34.3 Å². The molecule has 3 aromatic heterocycles. The Morgan fingerprint density at radius 1 is 1.19 bits per heavy atom. The molecule has 0 N–H and O–H groups in total. The molecule has 0 saturated heterocycles. The molecular weight excluding hydrogens is 374 g/mol. The van der Waals surface area contributed by atoms with E-state index < -0.39 is 0 Å². The Morgan fingerprint density at radius 3 is 2.78 bits per heavy atom. The molecule has 0 aliphatic rings. The first kappa shape index (κ1) is 17.7. The van der Waals surface area contributed by atoms with Crippen LogP contribution in [0.25, 0.3) is 16.2 Å². The summed E-state index contributed by atoms with van der Waals surface area (Å²) in [5.74, 6) is 0.0953. The van der Waals surface area contributed by atoms with Gasteiger partial charge in [0.05, 0.1) is 18.7 Å². The number of nitrogens with zero attached hydrogens (tertiary/aromatic N) is 3. The minimum absolute atomic E-state index is 0.0953. The fourth-order valence-corrected chi connectivity index (χ4v) is 4.56. The lowest BCUT2D eigenvalue weighted by molar-refractivity contribution is -0.130. The van der Waals surface area contributed by atoms with Crippen molar-refractivity contribution in [3.05, 3.63) is 82.6 Å². The molecule has 3 heterocycles. The smallest absolute Gasteiger partial charge is 0.229 e. The number of amides is 1. The van der Waals surface area contributed by atoms with Crippen molar-refractivity contribution in [2.75, 3.05) is 6.54 Å². The van der Waals surface area contributed by atoms with Gasteiger partial charge in [-0.3, -0.25) is 9.20 Å². The van der Waals surface area contributed by atoms with E-state index in [-0.39, 0.29) is 5.91 Å². The third-order valence-corrected chi connectivity index (χ3v) is 6.06. The number of hydrogen-bond donors (Lipinski definition) is 0. The fraction of sp³-hybridized carbons (Fsp3) is 0.143. The zero-order valence-electron chi connectivity index (χ0n) is 14.7. The van der Waals surface area contributed by atoms with Crippen molar-refractivity contribution in [3.63, 3.8) is 0 Å². The second kappa shape index (κ2) is 7.90. The van der Waals surface area contributed by atoms with Gasteiger partial charge in [-0.1, -0.05) is 42.5 Å². The van der Waals surface area contributed by atoms with Gasteiger partial charge in [0.25, 0.3) is 0 Å². The normalized spacial score (nSPS) is 11.0. The van der Waals surface area contributed by atoms with E-state index in [1.54, 1.807) is 28.7 Å². The van der Waals surface area contributed by atoms with Gasteiger partial charge in [0.2, 0.25) is 5.91 Å². The summed E-state index contributed by atoms with van der Waals surface area (Å²) in [5.41, 5.74) is 2.98. The van der Waals surface area contributed by atoms with Crippen molar-refractivity contribution in [3.8, 4) is 11.3 Å². The molecule has 0 unspecified atom stereocenters. The number of rotatable bonds is 7. The number of thiazole rings is 1. The molecule has 4 rings (SSSR count). The lowest BCUT2D eigenvalue weighted by atomic mass is 10.2.